The van der Waals surface area contributed by atoms with Crippen LogP contribution in [0.25, 0.3) is 11.3 Å². The smallest absolute Gasteiger partial charge is 0.323 e. The summed E-state index contributed by atoms with van der Waals surface area (Å²) in [6.45, 7) is 3.67. The first-order chi connectivity index (χ1) is 13.9. The summed E-state index contributed by atoms with van der Waals surface area (Å²) in [6.07, 6.45) is 4.17. The van der Waals surface area contributed by atoms with Crippen molar-refractivity contribution in [2.45, 2.75) is 51.5 Å². The maximum Gasteiger partial charge on any atom is 0.325 e. The maximum atomic E-state index is 12.8. The number of nitrogens with zero attached hydrogens (tertiary/aromatic N) is 2. The molecule has 152 valence electrons. The molecule has 1 aromatic heterocycles. The van der Waals surface area contributed by atoms with Crippen molar-refractivity contribution in [3.8, 4) is 11.3 Å². The van der Waals surface area contributed by atoms with Gasteiger partial charge in [-0.2, -0.15) is 0 Å². The van der Waals surface area contributed by atoms with E-state index in [1.54, 1.807) is 0 Å². The van der Waals surface area contributed by atoms with Crippen LogP contribution in [-0.4, -0.2) is 39.8 Å². The van der Waals surface area contributed by atoms with Gasteiger partial charge in [0.15, 0.2) is 5.13 Å². The Hall–Kier alpha value is -2.74. The molecule has 4 amide bonds. The lowest BCUT2D eigenvalue weighted by Crippen LogP contribution is -2.48. The van der Waals surface area contributed by atoms with Gasteiger partial charge in [-0.15, -0.1) is 11.3 Å². The summed E-state index contributed by atoms with van der Waals surface area (Å²) < 4.78 is 0. The van der Waals surface area contributed by atoms with Gasteiger partial charge in [0.25, 0.3) is 5.91 Å². The summed E-state index contributed by atoms with van der Waals surface area (Å²) in [4.78, 5) is 44.2. The molecule has 2 aliphatic rings. The number of carbonyl (C=O) groups excluding carboxylic acids is 3. The molecule has 1 saturated heterocycles. The molecule has 29 heavy (non-hydrogen) atoms. The second-order valence-corrected chi connectivity index (χ2v) is 9.01. The highest BCUT2D eigenvalue weighted by Gasteiger charge is 2.51. The van der Waals surface area contributed by atoms with Crippen LogP contribution >= 0.6 is 11.3 Å². The summed E-state index contributed by atoms with van der Waals surface area (Å²) in [5.41, 5.74) is 2.16. The Labute approximate surface area is 173 Å². The molecular weight excluding hydrogens is 388 g/mol. The average molecular weight is 413 g/mol. The molecule has 0 atom stereocenters. The molecule has 4 rings (SSSR count). The van der Waals surface area contributed by atoms with Crippen molar-refractivity contribution in [3.63, 3.8) is 0 Å². The highest BCUT2D eigenvalue weighted by molar-refractivity contribution is 7.16. The third-order valence-corrected chi connectivity index (χ3v) is 6.51. The van der Waals surface area contributed by atoms with Gasteiger partial charge in [-0.25, -0.2) is 9.78 Å². The first kappa shape index (κ1) is 19.6. The van der Waals surface area contributed by atoms with Gasteiger partial charge < -0.3 is 10.6 Å². The van der Waals surface area contributed by atoms with Gasteiger partial charge in [0.1, 0.15) is 12.1 Å². The van der Waals surface area contributed by atoms with E-state index in [1.165, 1.54) is 16.9 Å². The molecule has 1 aliphatic heterocycles. The monoisotopic (exact) mass is 412 g/mol. The molecule has 1 aromatic carbocycles. The van der Waals surface area contributed by atoms with Gasteiger partial charge in [0, 0.05) is 10.4 Å². The maximum absolute atomic E-state index is 12.8. The van der Waals surface area contributed by atoms with Crippen LogP contribution in [0.2, 0.25) is 0 Å². The van der Waals surface area contributed by atoms with Crippen molar-refractivity contribution < 1.29 is 14.4 Å². The van der Waals surface area contributed by atoms with Crippen molar-refractivity contribution in [1.82, 2.24) is 15.2 Å². The lowest BCUT2D eigenvalue weighted by molar-refractivity contribution is -0.134. The fourth-order valence-corrected chi connectivity index (χ4v) is 4.90. The van der Waals surface area contributed by atoms with Gasteiger partial charge in [-0.05, 0) is 26.7 Å². The van der Waals surface area contributed by atoms with Crippen molar-refractivity contribution >= 4 is 34.3 Å². The second kappa shape index (κ2) is 7.59. The van der Waals surface area contributed by atoms with Crippen molar-refractivity contribution in [2.24, 2.45) is 0 Å². The zero-order chi connectivity index (χ0) is 20.6. The minimum atomic E-state index is -0.813. The quantitative estimate of drug-likeness (QED) is 0.751. The Bertz CT molecular complexity index is 961. The van der Waals surface area contributed by atoms with Gasteiger partial charge in [-0.3, -0.25) is 14.5 Å². The van der Waals surface area contributed by atoms with Crippen LogP contribution in [0.5, 0.6) is 0 Å². The summed E-state index contributed by atoms with van der Waals surface area (Å²) in [5, 5.41) is 6.02. The van der Waals surface area contributed by atoms with Crippen LogP contribution in [0.3, 0.4) is 0 Å². The number of aromatic nitrogens is 1. The van der Waals surface area contributed by atoms with Gasteiger partial charge >= 0.3 is 6.03 Å². The summed E-state index contributed by atoms with van der Waals surface area (Å²) in [6, 6.07) is 7.55. The number of thiazole rings is 1. The van der Waals surface area contributed by atoms with Crippen LogP contribution < -0.4 is 10.6 Å². The number of hydrogen-bond acceptors (Lipinski definition) is 5. The average Bonchev–Trinajstić information content (AvgIpc) is 3.15. The lowest BCUT2D eigenvalue weighted by atomic mass is 9.82. The van der Waals surface area contributed by atoms with E-state index in [4.69, 9.17) is 0 Å². The van der Waals surface area contributed by atoms with Gasteiger partial charge in [-0.1, -0.05) is 49.1 Å². The first-order valence-electron chi connectivity index (χ1n) is 9.86. The molecule has 7 nitrogen and oxygen atoms in total. The van der Waals surface area contributed by atoms with Crippen LogP contribution in [-0.2, 0) is 9.59 Å². The third-order valence-electron chi connectivity index (χ3n) is 5.62. The van der Waals surface area contributed by atoms with Crippen molar-refractivity contribution in [2.75, 3.05) is 11.9 Å². The number of nitrogens with one attached hydrogen (secondary N) is 2. The van der Waals surface area contributed by atoms with Gasteiger partial charge in [0.05, 0.1) is 5.69 Å². The normalized spacial score (nSPS) is 18.2. The molecule has 8 heteroatoms. The van der Waals surface area contributed by atoms with E-state index < -0.39 is 17.5 Å². The molecule has 1 aliphatic carbocycles. The van der Waals surface area contributed by atoms with E-state index in [-0.39, 0.29) is 12.5 Å². The fraction of sp³-hybridized carbons (Fsp3) is 0.429. The van der Waals surface area contributed by atoms with Crippen LogP contribution in [0, 0.1) is 13.8 Å². The van der Waals surface area contributed by atoms with Crippen molar-refractivity contribution in [3.05, 3.63) is 34.7 Å². The highest BCUT2D eigenvalue weighted by atomic mass is 32.1. The zero-order valence-corrected chi connectivity index (χ0v) is 17.4. The van der Waals surface area contributed by atoms with Crippen LogP contribution in [0.15, 0.2) is 24.3 Å². The third kappa shape index (κ3) is 3.76. The topological polar surface area (TPSA) is 91.4 Å². The SMILES string of the molecule is Cc1ccc(-c2nc(NC(=O)CN3C(=O)NC4(CCCCC4)C3=O)sc2C)cc1. The Morgan fingerprint density at radius 3 is 2.55 bits per heavy atom. The number of imide groups is 1. The largest absolute Gasteiger partial charge is 0.325 e. The number of urea groups is 1. The summed E-state index contributed by atoms with van der Waals surface area (Å²) >= 11 is 1.38. The van der Waals surface area contributed by atoms with Crippen molar-refractivity contribution in [1.29, 1.82) is 0 Å². The number of anilines is 1. The number of benzene rings is 1. The van der Waals surface area contributed by atoms with E-state index in [9.17, 15) is 14.4 Å². The summed E-state index contributed by atoms with van der Waals surface area (Å²) in [5.74, 6) is -0.710. The Balaban J connectivity index is 1.44. The minimum absolute atomic E-state index is 0.284. The zero-order valence-electron chi connectivity index (χ0n) is 16.6. The number of hydrogen-bond donors (Lipinski definition) is 2. The molecule has 2 N–H and O–H groups in total. The Kier molecular flexibility index (Phi) is 5.12. The lowest BCUT2D eigenvalue weighted by Gasteiger charge is -2.30. The van der Waals surface area contributed by atoms with E-state index in [2.05, 4.69) is 15.6 Å². The number of rotatable bonds is 4. The number of amides is 4. The summed E-state index contributed by atoms with van der Waals surface area (Å²) in [7, 11) is 0. The van der Waals surface area contributed by atoms with Gasteiger partial charge in [0.2, 0.25) is 5.91 Å². The highest BCUT2D eigenvalue weighted by Crippen LogP contribution is 2.34. The standard InChI is InChI=1S/C21H24N4O3S/c1-13-6-8-15(9-7-13)17-14(2)29-19(23-17)22-16(26)12-25-18(27)21(24-20(25)28)10-4-3-5-11-21/h6-9H,3-5,10-12H2,1-2H3,(H,24,28)(H,22,23,26). The Morgan fingerprint density at radius 2 is 1.86 bits per heavy atom. The van der Waals surface area contributed by atoms with E-state index in [0.29, 0.717) is 18.0 Å². The Morgan fingerprint density at radius 1 is 1.17 bits per heavy atom. The molecular formula is C21H24N4O3S. The number of aryl methyl sites for hydroxylation is 2. The van der Waals surface area contributed by atoms with Crippen LogP contribution in [0.1, 0.15) is 42.5 Å². The molecule has 2 aromatic rings. The number of carbonyl (C=O) groups is 3. The minimum Gasteiger partial charge on any atom is -0.323 e. The molecule has 2 fully saturated rings. The molecule has 0 radical (unpaired) electrons. The molecule has 0 unspecified atom stereocenters. The fourth-order valence-electron chi connectivity index (χ4n) is 4.05. The van der Waals surface area contributed by atoms with E-state index in [0.717, 1.165) is 40.3 Å². The molecule has 1 saturated carbocycles. The molecule has 0 bridgehead atoms. The second-order valence-electron chi connectivity index (χ2n) is 7.80. The van der Waals surface area contributed by atoms with E-state index in [1.807, 2.05) is 38.1 Å². The van der Waals surface area contributed by atoms with E-state index >= 15 is 0 Å². The molecule has 1 spiro atoms. The molecule has 2 heterocycles. The predicted octanol–water partition coefficient (Wildman–Crippen LogP) is 3.62. The predicted molar refractivity (Wildman–Crippen MR) is 112 cm³/mol. The first-order valence-corrected chi connectivity index (χ1v) is 10.7. The van der Waals surface area contributed by atoms with Crippen LogP contribution in [0.4, 0.5) is 9.93 Å².